The van der Waals surface area contributed by atoms with E-state index in [2.05, 4.69) is 37.7 Å². The van der Waals surface area contributed by atoms with Crippen LogP contribution in [-0.2, 0) is 57.3 Å². The molecular formula is C36H62N4O14. The van der Waals surface area contributed by atoms with Gasteiger partial charge in [0.2, 0.25) is 30.6 Å². The van der Waals surface area contributed by atoms with Gasteiger partial charge in [-0.2, -0.15) is 4.99 Å². The molecule has 3 amide bonds. The van der Waals surface area contributed by atoms with E-state index in [-0.39, 0.29) is 48.8 Å². The minimum atomic E-state index is -1.14. The Morgan fingerprint density at radius 3 is 1.89 bits per heavy atom. The third kappa shape index (κ3) is 43.2. The molecule has 0 aromatic carbocycles. The number of epoxide rings is 1. The molecule has 1 heterocycles. The van der Waals surface area contributed by atoms with Crippen LogP contribution in [0.25, 0.3) is 0 Å². The number of likely N-dealkylation sites (N-methyl/N-ethyl adjacent to an activating group) is 1. The monoisotopic (exact) mass is 774 g/mol. The number of hydrogen-bond acceptors (Lipinski definition) is 14. The van der Waals surface area contributed by atoms with E-state index in [9.17, 15) is 38.4 Å². The number of carbonyl (C=O) groups excluding carboxylic acids is 7. The smallest absolute Gasteiger partial charge is 0.341 e. The molecule has 18 heteroatoms. The minimum Gasteiger partial charge on any atom is -0.479 e. The Hall–Kier alpha value is -4.93. The number of isocyanates is 1. The number of aliphatic hydroxyl groups is 1. The first-order valence-corrected chi connectivity index (χ1v) is 17.3. The Morgan fingerprint density at radius 2 is 1.50 bits per heavy atom. The molecular weight excluding hydrogens is 712 g/mol. The normalized spacial score (nSPS) is 12.0. The number of aliphatic imine (C=N–C) groups is 1. The fourth-order valence-electron chi connectivity index (χ4n) is 3.11. The van der Waals surface area contributed by atoms with Crippen molar-refractivity contribution in [3.8, 4) is 0 Å². The first kappa shape index (κ1) is 55.8. The lowest BCUT2D eigenvalue weighted by Gasteiger charge is -2.24. The third-order valence-corrected chi connectivity index (χ3v) is 6.05. The van der Waals surface area contributed by atoms with Crippen molar-refractivity contribution >= 4 is 47.7 Å². The molecule has 2 unspecified atom stereocenters. The van der Waals surface area contributed by atoms with E-state index in [1.807, 2.05) is 20.8 Å². The number of aliphatic hydroxyl groups excluding tert-OH is 1. The number of esters is 3. The zero-order chi connectivity index (χ0) is 42.6. The molecule has 0 saturated carbocycles. The van der Waals surface area contributed by atoms with Gasteiger partial charge in [-0.05, 0) is 52.4 Å². The van der Waals surface area contributed by atoms with Crippen molar-refractivity contribution in [1.29, 1.82) is 0 Å². The maximum Gasteiger partial charge on any atom is 0.341 e. The van der Waals surface area contributed by atoms with Crippen LogP contribution < -0.4 is 5.32 Å². The van der Waals surface area contributed by atoms with Gasteiger partial charge in [-0.3, -0.25) is 24.0 Å². The van der Waals surface area contributed by atoms with Gasteiger partial charge in [0.05, 0.1) is 25.5 Å². The number of nitrogens with one attached hydrogen (secondary N) is 1. The van der Waals surface area contributed by atoms with Crippen LogP contribution in [0.4, 0.5) is 0 Å². The van der Waals surface area contributed by atoms with Gasteiger partial charge in [0.1, 0.15) is 6.67 Å². The van der Waals surface area contributed by atoms with E-state index >= 15 is 0 Å². The average Bonchev–Trinajstić information content (AvgIpc) is 3.92. The molecule has 310 valence electrons. The van der Waals surface area contributed by atoms with E-state index in [0.717, 1.165) is 45.6 Å². The van der Waals surface area contributed by atoms with Crippen LogP contribution >= 0.6 is 0 Å². The first-order valence-electron chi connectivity index (χ1n) is 17.3. The molecule has 1 aliphatic heterocycles. The summed E-state index contributed by atoms with van der Waals surface area (Å²) in [6.45, 7) is 18.9. The summed E-state index contributed by atoms with van der Waals surface area (Å²) in [5.74, 6) is -2.91. The van der Waals surface area contributed by atoms with Crippen LogP contribution in [0.1, 0.15) is 99.8 Å². The van der Waals surface area contributed by atoms with Gasteiger partial charge in [-0.25, -0.2) is 14.4 Å². The zero-order valence-electron chi connectivity index (χ0n) is 33.4. The number of aliphatic carboxylic acids is 1. The van der Waals surface area contributed by atoms with E-state index in [0.29, 0.717) is 37.6 Å². The Morgan fingerprint density at radius 1 is 0.926 bits per heavy atom. The highest BCUT2D eigenvalue weighted by Crippen LogP contribution is 2.17. The molecule has 1 fully saturated rings. The second kappa shape index (κ2) is 36.4. The molecule has 0 aromatic rings. The van der Waals surface area contributed by atoms with Gasteiger partial charge in [0.25, 0.3) is 0 Å². The van der Waals surface area contributed by atoms with Crippen LogP contribution in [0.15, 0.2) is 29.3 Å². The van der Waals surface area contributed by atoms with E-state index in [1.54, 1.807) is 25.9 Å². The highest BCUT2D eigenvalue weighted by atomic mass is 16.7. The third-order valence-electron chi connectivity index (χ3n) is 6.05. The summed E-state index contributed by atoms with van der Waals surface area (Å²) in [4.78, 5) is 89.4. The topological polar surface area (TPSA) is 248 Å². The standard InChI is InChI=1S/C11H20N2O2.C9H14O4.C8H16O2.C4H6N2O2.C4H6O4/c1-6-7-10(14)12(4)8-13(5)11(15)9(2)3;1-4-5-8(10)12-6-13-9(11)7(2)3;1-2-7(9)4-3-5-8-6-10-8;1-4(8)6-2-5-3-7;1-3(5)8-2-4(6)7/h2,6-8H2,1,3-5H3;2,4-6H2,1,3H3;7-9H,2-6H2,1H3;2H2,1H3,(H,6,8);2H2,1H3,(H,6,7). The van der Waals surface area contributed by atoms with Crippen molar-refractivity contribution in [3.63, 3.8) is 0 Å². The van der Waals surface area contributed by atoms with E-state index < -0.39 is 24.5 Å². The highest BCUT2D eigenvalue weighted by Gasteiger charge is 2.21. The number of amides is 3. The van der Waals surface area contributed by atoms with Crippen molar-refractivity contribution in [1.82, 2.24) is 15.1 Å². The maximum atomic E-state index is 11.4. The summed E-state index contributed by atoms with van der Waals surface area (Å²) < 4.78 is 18.2. The average molecular weight is 775 g/mol. The first-order chi connectivity index (χ1) is 25.2. The molecule has 0 spiro atoms. The number of nitrogens with zero attached hydrogens (tertiary/aromatic N) is 3. The van der Waals surface area contributed by atoms with Crippen molar-refractivity contribution in [2.45, 2.75) is 112 Å². The molecule has 0 radical (unpaired) electrons. The van der Waals surface area contributed by atoms with E-state index in [1.165, 1.54) is 24.8 Å². The number of carbonyl (C=O) groups is 7. The summed E-state index contributed by atoms with van der Waals surface area (Å²) >= 11 is 0. The van der Waals surface area contributed by atoms with Gasteiger partial charge in [0, 0.05) is 51.9 Å². The van der Waals surface area contributed by atoms with Crippen molar-refractivity contribution in [3.05, 3.63) is 24.3 Å². The van der Waals surface area contributed by atoms with Crippen LogP contribution in [0.2, 0.25) is 0 Å². The van der Waals surface area contributed by atoms with Gasteiger partial charge in [-0.1, -0.05) is 33.9 Å². The summed E-state index contributed by atoms with van der Waals surface area (Å²) in [5.41, 5.74) is 0.764. The lowest BCUT2D eigenvalue weighted by Crippen LogP contribution is -2.40. The molecule has 1 rings (SSSR count). The fourth-order valence-corrected chi connectivity index (χ4v) is 3.11. The van der Waals surface area contributed by atoms with Gasteiger partial charge in [-0.15, -0.1) is 0 Å². The van der Waals surface area contributed by atoms with Gasteiger partial charge in [0.15, 0.2) is 6.61 Å². The number of carboxylic acid groups (broad SMARTS) is 1. The molecule has 18 nitrogen and oxygen atoms in total. The Balaban J connectivity index is -0.000000296. The quantitative estimate of drug-likeness (QED) is 0.0426. The minimum absolute atomic E-state index is 0.0266. The molecule has 3 N–H and O–H groups in total. The molecule has 1 aliphatic rings. The zero-order valence-corrected chi connectivity index (χ0v) is 33.4. The number of hydrogen-bond donors (Lipinski definition) is 3. The Labute approximate surface area is 318 Å². The molecule has 2 atom stereocenters. The Bertz CT molecular complexity index is 1180. The number of rotatable bonds is 19. The largest absolute Gasteiger partial charge is 0.479 e. The van der Waals surface area contributed by atoms with Crippen LogP contribution in [0.3, 0.4) is 0 Å². The maximum absolute atomic E-state index is 11.4. The van der Waals surface area contributed by atoms with Crippen molar-refractivity contribution in [2.24, 2.45) is 4.99 Å². The van der Waals surface area contributed by atoms with Crippen molar-refractivity contribution in [2.75, 3.05) is 47.4 Å². The predicted octanol–water partition coefficient (Wildman–Crippen LogP) is 3.02. The molecule has 0 aromatic heterocycles. The lowest BCUT2D eigenvalue weighted by atomic mass is 10.1. The molecule has 1 saturated heterocycles. The lowest BCUT2D eigenvalue weighted by molar-refractivity contribution is -0.164. The predicted molar refractivity (Wildman–Crippen MR) is 198 cm³/mol. The van der Waals surface area contributed by atoms with Gasteiger partial charge < -0.3 is 44.3 Å². The second-order valence-corrected chi connectivity index (χ2v) is 11.6. The summed E-state index contributed by atoms with van der Waals surface area (Å²) in [6.07, 6.45) is 8.19. The number of ether oxygens (including phenoxy) is 4. The molecule has 54 heavy (non-hydrogen) atoms. The molecule has 0 aliphatic carbocycles. The summed E-state index contributed by atoms with van der Waals surface area (Å²) in [5, 5.41) is 19.3. The SMILES string of the molecule is C=C(C)C(=O)N(C)CN(C)C(=O)CCC.C=C(C)C(=O)OCOC(=O)CCC.CC(=O)NCN=C=O.CC(=O)OCC(=O)O.CCC(O)CCCC1CO1. The Kier molecular flexibility index (Phi) is 37.7. The highest BCUT2D eigenvalue weighted by molar-refractivity contribution is 5.92. The van der Waals surface area contributed by atoms with Crippen LogP contribution in [0, 0.1) is 0 Å². The fraction of sp³-hybridized carbons (Fsp3) is 0.667. The van der Waals surface area contributed by atoms with Crippen LogP contribution in [0.5, 0.6) is 0 Å². The number of carboxylic acids is 1. The van der Waals surface area contributed by atoms with Gasteiger partial charge >= 0.3 is 23.9 Å². The van der Waals surface area contributed by atoms with Crippen molar-refractivity contribution < 1.29 is 67.5 Å². The van der Waals surface area contributed by atoms with E-state index in [4.69, 9.17) is 14.9 Å². The summed E-state index contributed by atoms with van der Waals surface area (Å²) in [7, 11) is 3.35. The van der Waals surface area contributed by atoms with Crippen LogP contribution in [-0.4, -0.2) is 127 Å². The summed E-state index contributed by atoms with van der Waals surface area (Å²) in [6, 6.07) is 0. The molecule has 0 bridgehead atoms. The second-order valence-electron chi connectivity index (χ2n) is 11.6.